The second kappa shape index (κ2) is 5.53. The summed E-state index contributed by atoms with van der Waals surface area (Å²) in [6.07, 6.45) is 0. The van der Waals surface area contributed by atoms with Crippen molar-refractivity contribution in [3.63, 3.8) is 0 Å². The number of anilines is 2. The summed E-state index contributed by atoms with van der Waals surface area (Å²) in [5.74, 6) is 0. The van der Waals surface area contributed by atoms with E-state index in [1.54, 1.807) is 0 Å². The van der Waals surface area contributed by atoms with Crippen molar-refractivity contribution in [2.24, 2.45) is 5.73 Å². The first-order valence-corrected chi connectivity index (χ1v) is 5.98. The molecular formula is C13H17N5O. The molecule has 1 aromatic carbocycles. The molecule has 0 spiro atoms. The van der Waals surface area contributed by atoms with E-state index >= 15 is 0 Å². The molecule has 2 rings (SSSR count). The summed E-state index contributed by atoms with van der Waals surface area (Å²) < 4.78 is 0. The van der Waals surface area contributed by atoms with E-state index in [1.165, 1.54) is 0 Å². The standard InChI is InChI=1S/C13H17N5O/c1-8-12(9(2)18-17-8)16-13(19)15-11-5-3-10(7-14)4-6-11/h3-6H,7,14H2,1-2H3,(H,17,18)(H2,15,16,19). The molecule has 0 fully saturated rings. The van der Waals surface area contributed by atoms with Crippen LogP contribution in [-0.2, 0) is 6.54 Å². The molecule has 2 aromatic rings. The predicted octanol–water partition coefficient (Wildman–Crippen LogP) is 2.13. The minimum absolute atomic E-state index is 0.298. The molecule has 6 nitrogen and oxygen atoms in total. The fourth-order valence-corrected chi connectivity index (χ4v) is 1.74. The molecule has 0 aliphatic rings. The number of aromatic nitrogens is 2. The molecule has 1 aromatic heterocycles. The van der Waals surface area contributed by atoms with Crippen molar-refractivity contribution in [3.8, 4) is 0 Å². The number of hydrogen-bond donors (Lipinski definition) is 4. The molecule has 1 heterocycles. The zero-order chi connectivity index (χ0) is 13.8. The number of aromatic amines is 1. The van der Waals surface area contributed by atoms with Crippen molar-refractivity contribution in [2.75, 3.05) is 10.6 Å². The average molecular weight is 259 g/mol. The molecule has 19 heavy (non-hydrogen) atoms. The second-order valence-electron chi connectivity index (χ2n) is 4.29. The number of nitrogens with one attached hydrogen (secondary N) is 3. The van der Waals surface area contributed by atoms with E-state index in [9.17, 15) is 4.79 Å². The third kappa shape index (κ3) is 3.11. The Morgan fingerprint density at radius 3 is 2.47 bits per heavy atom. The Bertz CT molecular complexity index is 554. The van der Waals surface area contributed by atoms with Crippen LogP contribution in [0.3, 0.4) is 0 Å². The van der Waals surface area contributed by atoms with Gasteiger partial charge in [0, 0.05) is 12.2 Å². The molecule has 100 valence electrons. The highest BCUT2D eigenvalue weighted by Crippen LogP contribution is 2.16. The molecule has 0 aliphatic heterocycles. The Morgan fingerprint density at radius 2 is 1.95 bits per heavy atom. The number of rotatable bonds is 3. The second-order valence-corrected chi connectivity index (χ2v) is 4.29. The number of aryl methyl sites for hydroxylation is 2. The molecule has 5 N–H and O–H groups in total. The van der Waals surface area contributed by atoms with Crippen LogP contribution < -0.4 is 16.4 Å². The van der Waals surface area contributed by atoms with Crippen LogP contribution in [0.4, 0.5) is 16.2 Å². The van der Waals surface area contributed by atoms with E-state index < -0.39 is 0 Å². The Labute approximate surface area is 111 Å². The summed E-state index contributed by atoms with van der Waals surface area (Å²) in [5.41, 5.74) is 9.54. The van der Waals surface area contributed by atoms with Crippen molar-refractivity contribution < 1.29 is 4.79 Å². The molecular weight excluding hydrogens is 242 g/mol. The van der Waals surface area contributed by atoms with Gasteiger partial charge in [0.05, 0.1) is 17.1 Å². The van der Waals surface area contributed by atoms with Gasteiger partial charge in [0.15, 0.2) is 0 Å². The summed E-state index contributed by atoms with van der Waals surface area (Å²) in [7, 11) is 0. The van der Waals surface area contributed by atoms with Crippen LogP contribution in [0.1, 0.15) is 17.0 Å². The number of amides is 2. The molecule has 2 amide bonds. The van der Waals surface area contributed by atoms with Crippen LogP contribution >= 0.6 is 0 Å². The quantitative estimate of drug-likeness (QED) is 0.680. The maximum atomic E-state index is 11.9. The van der Waals surface area contributed by atoms with E-state index in [2.05, 4.69) is 20.8 Å². The Hall–Kier alpha value is -2.34. The van der Waals surface area contributed by atoms with Gasteiger partial charge in [-0.05, 0) is 31.5 Å². The van der Waals surface area contributed by atoms with Crippen molar-refractivity contribution in [1.29, 1.82) is 0 Å². The van der Waals surface area contributed by atoms with Gasteiger partial charge in [-0.15, -0.1) is 0 Å². The highest BCUT2D eigenvalue weighted by Gasteiger charge is 2.09. The number of carbonyl (C=O) groups is 1. The molecule has 0 radical (unpaired) electrons. The van der Waals surface area contributed by atoms with E-state index in [-0.39, 0.29) is 6.03 Å². The zero-order valence-electron chi connectivity index (χ0n) is 10.9. The number of H-pyrrole nitrogens is 1. The van der Waals surface area contributed by atoms with Gasteiger partial charge in [-0.1, -0.05) is 12.1 Å². The predicted molar refractivity (Wildman–Crippen MR) is 75.0 cm³/mol. The van der Waals surface area contributed by atoms with Gasteiger partial charge < -0.3 is 16.4 Å². The number of urea groups is 1. The lowest BCUT2D eigenvalue weighted by molar-refractivity contribution is 0.262. The van der Waals surface area contributed by atoms with Crippen LogP contribution in [-0.4, -0.2) is 16.2 Å². The van der Waals surface area contributed by atoms with Gasteiger partial charge in [-0.2, -0.15) is 5.10 Å². The minimum atomic E-state index is -0.298. The molecule has 0 bridgehead atoms. The van der Waals surface area contributed by atoms with E-state index in [4.69, 9.17) is 5.73 Å². The number of nitrogens with zero attached hydrogens (tertiary/aromatic N) is 1. The normalized spacial score (nSPS) is 10.3. The monoisotopic (exact) mass is 259 g/mol. The number of hydrogen-bond acceptors (Lipinski definition) is 3. The Balaban J connectivity index is 2.01. The van der Waals surface area contributed by atoms with Gasteiger partial charge in [-0.25, -0.2) is 4.79 Å². The molecule has 0 atom stereocenters. The first kappa shape index (κ1) is 13.1. The van der Waals surface area contributed by atoms with Gasteiger partial charge in [0.1, 0.15) is 0 Å². The van der Waals surface area contributed by atoms with Gasteiger partial charge in [0.2, 0.25) is 0 Å². The maximum Gasteiger partial charge on any atom is 0.323 e. The smallest absolute Gasteiger partial charge is 0.323 e. The van der Waals surface area contributed by atoms with Crippen LogP contribution in [0.25, 0.3) is 0 Å². The summed E-state index contributed by atoms with van der Waals surface area (Å²) in [6, 6.07) is 7.09. The lowest BCUT2D eigenvalue weighted by atomic mass is 10.2. The largest absolute Gasteiger partial charge is 0.326 e. The highest BCUT2D eigenvalue weighted by atomic mass is 16.2. The van der Waals surface area contributed by atoms with Crippen LogP contribution in [0, 0.1) is 13.8 Å². The van der Waals surface area contributed by atoms with Crippen molar-refractivity contribution in [2.45, 2.75) is 20.4 Å². The van der Waals surface area contributed by atoms with Crippen molar-refractivity contribution >= 4 is 17.4 Å². The van der Waals surface area contributed by atoms with Gasteiger partial charge in [-0.3, -0.25) is 5.10 Å². The lowest BCUT2D eigenvalue weighted by Gasteiger charge is -2.08. The average Bonchev–Trinajstić information content (AvgIpc) is 2.71. The number of nitrogens with two attached hydrogens (primary N) is 1. The van der Waals surface area contributed by atoms with Crippen molar-refractivity contribution in [1.82, 2.24) is 10.2 Å². The highest BCUT2D eigenvalue weighted by molar-refractivity contribution is 6.00. The molecule has 0 saturated carbocycles. The minimum Gasteiger partial charge on any atom is -0.326 e. The van der Waals surface area contributed by atoms with E-state index in [1.807, 2.05) is 38.1 Å². The third-order valence-electron chi connectivity index (χ3n) is 2.81. The fourth-order valence-electron chi connectivity index (χ4n) is 1.74. The summed E-state index contributed by atoms with van der Waals surface area (Å²) >= 11 is 0. The van der Waals surface area contributed by atoms with Gasteiger partial charge in [0.25, 0.3) is 0 Å². The lowest BCUT2D eigenvalue weighted by Crippen LogP contribution is -2.20. The summed E-state index contributed by atoms with van der Waals surface area (Å²) in [5, 5.41) is 12.4. The number of benzene rings is 1. The van der Waals surface area contributed by atoms with Crippen LogP contribution in [0.2, 0.25) is 0 Å². The zero-order valence-corrected chi connectivity index (χ0v) is 10.9. The van der Waals surface area contributed by atoms with E-state index in [0.29, 0.717) is 17.9 Å². The molecule has 6 heteroatoms. The van der Waals surface area contributed by atoms with Crippen LogP contribution in [0.15, 0.2) is 24.3 Å². The fraction of sp³-hybridized carbons (Fsp3) is 0.231. The van der Waals surface area contributed by atoms with E-state index in [0.717, 1.165) is 17.0 Å². The molecule has 0 unspecified atom stereocenters. The summed E-state index contributed by atoms with van der Waals surface area (Å²) in [6.45, 7) is 4.17. The number of carbonyl (C=O) groups excluding carboxylic acids is 1. The SMILES string of the molecule is Cc1n[nH]c(C)c1NC(=O)Nc1ccc(CN)cc1. The maximum absolute atomic E-state index is 11.9. The van der Waals surface area contributed by atoms with Crippen molar-refractivity contribution in [3.05, 3.63) is 41.2 Å². The van der Waals surface area contributed by atoms with Gasteiger partial charge >= 0.3 is 6.03 Å². The van der Waals surface area contributed by atoms with Crippen LogP contribution in [0.5, 0.6) is 0 Å². The summed E-state index contributed by atoms with van der Waals surface area (Å²) in [4.78, 5) is 11.9. The topological polar surface area (TPSA) is 95.8 Å². The molecule has 0 saturated heterocycles. The Morgan fingerprint density at radius 1 is 1.26 bits per heavy atom. The Kier molecular flexibility index (Phi) is 3.82. The first-order valence-electron chi connectivity index (χ1n) is 5.98. The first-order chi connectivity index (χ1) is 9.10. The third-order valence-corrected chi connectivity index (χ3v) is 2.81. The molecule has 0 aliphatic carbocycles.